The fourth-order valence-corrected chi connectivity index (χ4v) is 14.4. The van der Waals surface area contributed by atoms with Gasteiger partial charge in [0.15, 0.2) is 0 Å². The van der Waals surface area contributed by atoms with Crippen LogP contribution in [0, 0.1) is 5.41 Å². The molecule has 3 aliphatic carbocycles. The molecule has 0 radical (unpaired) electrons. The first-order valence-corrected chi connectivity index (χ1v) is 16.3. The number of rotatable bonds is 4. The maximum absolute atomic E-state index is 4.17. The molecule has 3 heteroatoms. The summed E-state index contributed by atoms with van der Waals surface area (Å²) in [6.07, 6.45) is 18.3. The Morgan fingerprint density at radius 2 is 1.54 bits per heavy atom. The number of fused-ring (bicyclic) bond motifs is 3. The van der Waals surface area contributed by atoms with Crippen LogP contribution in [0.1, 0.15) is 81.5 Å². The zero-order valence-electron chi connectivity index (χ0n) is 21.3. The second-order valence-corrected chi connectivity index (χ2v) is 17.4. The van der Waals surface area contributed by atoms with Crippen LogP contribution in [0.3, 0.4) is 0 Å². The molecule has 0 unspecified atom stereocenters. The first-order chi connectivity index (χ1) is 15.9. The van der Waals surface area contributed by atoms with Gasteiger partial charge in [-0.2, -0.15) is 0 Å². The Bertz CT molecular complexity index is 1240. The smallest absolute Gasteiger partial charge is 1.00 e. The van der Waals surface area contributed by atoms with Gasteiger partial charge in [0.1, 0.15) is 0 Å². The van der Waals surface area contributed by atoms with E-state index in [0.717, 1.165) is 6.42 Å². The van der Waals surface area contributed by atoms with Crippen molar-refractivity contribution in [3.8, 4) is 11.1 Å². The molecular formula is C32H36Cl2Zr. The topological polar surface area (TPSA) is 0 Å². The SMILES string of the molecule is C=Cc1ccc2c(c1)-c1cc(C=C)c[c]([Zr+2]([C]3=CC(C(C)(C)C)=CC3)=[C]3CCCCC3)c1C2.[Cl-].[Cl-]. The average molecular weight is 583 g/mol. The number of benzene rings is 2. The molecule has 0 bridgehead atoms. The molecule has 2 aromatic carbocycles. The normalized spacial score (nSPS) is 16.0. The molecule has 0 atom stereocenters. The Kier molecular flexibility index (Phi) is 9.23. The largest absolute Gasteiger partial charge is 1.00 e. The van der Waals surface area contributed by atoms with Crippen molar-refractivity contribution >= 4 is 18.6 Å². The third-order valence-electron chi connectivity index (χ3n) is 7.67. The summed E-state index contributed by atoms with van der Waals surface area (Å²) in [5, 5.41) is 0. The third-order valence-corrected chi connectivity index (χ3v) is 15.5. The van der Waals surface area contributed by atoms with Crippen molar-refractivity contribution in [1.29, 1.82) is 0 Å². The minimum absolute atomic E-state index is 0. The molecule has 0 N–H and O–H groups in total. The van der Waals surface area contributed by atoms with Crippen molar-refractivity contribution in [1.82, 2.24) is 0 Å². The third kappa shape index (κ3) is 5.54. The summed E-state index contributed by atoms with van der Waals surface area (Å²) in [4.78, 5) is 0. The Morgan fingerprint density at radius 1 is 0.857 bits per heavy atom. The van der Waals surface area contributed by atoms with Gasteiger partial charge in [0.05, 0.1) is 0 Å². The molecule has 0 aromatic heterocycles. The zero-order chi connectivity index (χ0) is 23.2. The first-order valence-electron chi connectivity index (χ1n) is 12.6. The van der Waals surface area contributed by atoms with E-state index in [1.807, 2.05) is 9.28 Å². The molecular weight excluding hydrogens is 546 g/mol. The van der Waals surface area contributed by atoms with E-state index < -0.39 is 21.3 Å². The fraction of sp³-hybridized carbons (Fsp3) is 0.344. The molecule has 3 aliphatic rings. The van der Waals surface area contributed by atoms with Crippen LogP contribution in [-0.2, 0) is 27.7 Å². The molecule has 35 heavy (non-hydrogen) atoms. The second-order valence-electron chi connectivity index (χ2n) is 10.9. The van der Waals surface area contributed by atoms with Crippen molar-refractivity contribution in [2.75, 3.05) is 0 Å². The quantitative estimate of drug-likeness (QED) is 0.443. The van der Waals surface area contributed by atoms with E-state index in [-0.39, 0.29) is 30.2 Å². The summed E-state index contributed by atoms with van der Waals surface area (Å²) in [6, 6.07) is 11.8. The van der Waals surface area contributed by atoms with Gasteiger partial charge in [-0.3, -0.25) is 0 Å². The van der Waals surface area contributed by atoms with Crippen LogP contribution < -0.4 is 28.1 Å². The summed E-state index contributed by atoms with van der Waals surface area (Å²) in [7, 11) is 0. The second kappa shape index (κ2) is 11.4. The van der Waals surface area contributed by atoms with Crippen molar-refractivity contribution in [2.24, 2.45) is 5.41 Å². The molecule has 0 nitrogen and oxygen atoms in total. The Labute approximate surface area is 232 Å². The molecule has 0 heterocycles. The van der Waals surface area contributed by atoms with Gasteiger partial charge < -0.3 is 24.8 Å². The van der Waals surface area contributed by atoms with Crippen molar-refractivity contribution in [3.05, 3.63) is 86.7 Å². The summed E-state index contributed by atoms with van der Waals surface area (Å²) >= 11 is -2.19. The maximum Gasteiger partial charge on any atom is -1.00 e. The molecule has 182 valence electrons. The Balaban J connectivity index is 0.00000171. The van der Waals surface area contributed by atoms with Crippen LogP contribution in [0.5, 0.6) is 0 Å². The molecule has 2 aromatic rings. The van der Waals surface area contributed by atoms with Crippen LogP contribution in [0.15, 0.2) is 64.5 Å². The van der Waals surface area contributed by atoms with Gasteiger partial charge in [-0.25, -0.2) is 0 Å². The van der Waals surface area contributed by atoms with E-state index in [4.69, 9.17) is 0 Å². The minimum Gasteiger partial charge on any atom is -1.00 e. The standard InChI is InChI=1S/C17H13.C9H13.C6H10.2ClH.Zr/c1-3-12-5-7-14-11-15-8-6-13(4-2)10-17(15)16(14)9-12;1-9(2,3)8-6-4-5-7-8;1-2-4-6-5-3-1;;;/h3-7,9-10H,1-2,11H2;6-7H,4H2,1-3H3;1-5H2;2*1H;/q;;;;;+2/p-2. The van der Waals surface area contributed by atoms with Crippen LogP contribution in [0.25, 0.3) is 23.3 Å². The maximum atomic E-state index is 4.17. The van der Waals surface area contributed by atoms with E-state index in [9.17, 15) is 0 Å². The van der Waals surface area contributed by atoms with Crippen molar-refractivity contribution in [3.63, 3.8) is 0 Å². The summed E-state index contributed by atoms with van der Waals surface area (Å²) in [6.45, 7) is 15.3. The van der Waals surface area contributed by atoms with Gasteiger partial charge in [-0.15, -0.1) is 0 Å². The van der Waals surface area contributed by atoms with Gasteiger partial charge in [0, 0.05) is 0 Å². The molecule has 1 saturated carbocycles. The van der Waals surface area contributed by atoms with E-state index in [0.29, 0.717) is 0 Å². The predicted octanol–water partition coefficient (Wildman–Crippen LogP) is 2.19. The van der Waals surface area contributed by atoms with E-state index in [1.165, 1.54) is 66.3 Å². The summed E-state index contributed by atoms with van der Waals surface area (Å²) in [5.41, 5.74) is 10.2. The van der Waals surface area contributed by atoms with E-state index >= 15 is 0 Å². The molecule has 0 aliphatic heterocycles. The Morgan fingerprint density at radius 3 is 2.17 bits per heavy atom. The van der Waals surface area contributed by atoms with Crippen LogP contribution in [0.2, 0.25) is 0 Å². The monoisotopic (exact) mass is 580 g/mol. The van der Waals surface area contributed by atoms with Gasteiger partial charge in [0.25, 0.3) is 0 Å². The molecule has 0 spiro atoms. The minimum atomic E-state index is -2.19. The van der Waals surface area contributed by atoms with Gasteiger partial charge in [-0.1, -0.05) is 0 Å². The van der Waals surface area contributed by atoms with Crippen LogP contribution >= 0.6 is 0 Å². The van der Waals surface area contributed by atoms with Gasteiger partial charge >= 0.3 is 209 Å². The predicted molar refractivity (Wildman–Crippen MR) is 143 cm³/mol. The summed E-state index contributed by atoms with van der Waals surface area (Å²) in [5.74, 6) is 0. The number of allylic oxidation sites excluding steroid dienone is 4. The molecule has 0 amide bonds. The van der Waals surface area contributed by atoms with E-state index in [2.05, 4.69) is 82.5 Å². The molecule has 0 saturated heterocycles. The number of halogens is 2. The van der Waals surface area contributed by atoms with Crippen LogP contribution in [-0.4, -0.2) is 3.21 Å². The summed E-state index contributed by atoms with van der Waals surface area (Å²) < 4.78 is 5.47. The van der Waals surface area contributed by atoms with Gasteiger partial charge in [0.2, 0.25) is 0 Å². The fourth-order valence-electron chi connectivity index (χ4n) is 5.82. The van der Waals surface area contributed by atoms with Crippen molar-refractivity contribution in [2.45, 2.75) is 65.7 Å². The number of hydrogen-bond donors (Lipinski definition) is 0. The van der Waals surface area contributed by atoms with Gasteiger partial charge in [-0.05, 0) is 0 Å². The Hall–Kier alpha value is -1.27. The molecule has 5 rings (SSSR count). The van der Waals surface area contributed by atoms with E-state index in [1.54, 1.807) is 17.7 Å². The van der Waals surface area contributed by atoms with Crippen LogP contribution in [0.4, 0.5) is 0 Å². The molecule has 1 fully saturated rings. The zero-order valence-corrected chi connectivity index (χ0v) is 25.3. The average Bonchev–Trinajstić information content (AvgIpc) is 3.45. The van der Waals surface area contributed by atoms with Crippen molar-refractivity contribution < 1.29 is 46.1 Å². The number of hydrogen-bond acceptors (Lipinski definition) is 0. The first kappa shape index (κ1) is 28.3.